The summed E-state index contributed by atoms with van der Waals surface area (Å²) in [6.07, 6.45) is -7.17. The molecule has 1 unspecified atom stereocenters. The fourth-order valence-electron chi connectivity index (χ4n) is 1.11. The van der Waals surface area contributed by atoms with Crippen LogP contribution in [0.4, 0.5) is 0 Å². The van der Waals surface area contributed by atoms with Crippen LogP contribution in [0.3, 0.4) is 0 Å². The van der Waals surface area contributed by atoms with Gasteiger partial charge in [0.25, 0.3) is 0 Å². The predicted octanol–water partition coefficient (Wildman–Crippen LogP) is -2.46. The molecule has 7 heteroatoms. The van der Waals surface area contributed by atoms with E-state index in [1.807, 2.05) is 0 Å². The Morgan fingerprint density at radius 3 is 2.00 bits per heavy atom. The smallest absolute Gasteiger partial charge is 0.184 e. The topological polar surface area (TPSA) is 110 Å². The highest BCUT2D eigenvalue weighted by molar-refractivity contribution is 14.1. The molecule has 0 spiro atoms. The van der Waals surface area contributed by atoms with Crippen molar-refractivity contribution in [3.63, 3.8) is 0 Å². The lowest BCUT2D eigenvalue weighted by atomic mass is 9.99. The van der Waals surface area contributed by atoms with Crippen molar-refractivity contribution in [2.75, 3.05) is 0 Å². The second-order valence-corrected chi connectivity index (χ2v) is 4.11. The van der Waals surface area contributed by atoms with E-state index in [0.29, 0.717) is 0 Å². The molecule has 0 saturated carbocycles. The van der Waals surface area contributed by atoms with Crippen LogP contribution in [0.15, 0.2) is 0 Å². The van der Waals surface area contributed by atoms with Crippen LogP contribution in [0.1, 0.15) is 0 Å². The summed E-state index contributed by atoms with van der Waals surface area (Å²) in [7, 11) is 0. The van der Waals surface area contributed by atoms with Gasteiger partial charge in [-0.25, -0.2) is 0 Å². The molecular weight excluding hydrogens is 295 g/mol. The van der Waals surface area contributed by atoms with Crippen LogP contribution in [0.25, 0.3) is 0 Å². The van der Waals surface area contributed by atoms with E-state index < -0.39 is 34.8 Å². The lowest BCUT2D eigenvalue weighted by Crippen LogP contribution is -2.59. The molecule has 78 valence electrons. The molecule has 0 radical (unpaired) electrons. The Morgan fingerprint density at radius 1 is 1.00 bits per heavy atom. The van der Waals surface area contributed by atoms with Gasteiger partial charge in [0.05, 0.1) is 0 Å². The van der Waals surface area contributed by atoms with Crippen LogP contribution in [-0.2, 0) is 4.74 Å². The molecule has 1 heterocycles. The van der Waals surface area contributed by atoms with Crippen LogP contribution in [0.5, 0.6) is 0 Å². The Bertz CT molecular complexity index is 177. The minimum Gasteiger partial charge on any atom is -0.387 e. The highest BCUT2D eigenvalue weighted by Gasteiger charge is 2.45. The molecule has 0 aromatic heterocycles. The van der Waals surface area contributed by atoms with Gasteiger partial charge in [0.15, 0.2) is 6.29 Å². The molecular formula is C6H11IO6. The maximum absolute atomic E-state index is 9.29. The second-order valence-electron chi connectivity index (χ2n) is 2.84. The van der Waals surface area contributed by atoms with Gasteiger partial charge in [0.1, 0.15) is 28.5 Å². The lowest BCUT2D eigenvalue weighted by molar-refractivity contribution is -0.288. The van der Waals surface area contributed by atoms with Crippen LogP contribution >= 0.6 is 22.6 Å². The standard InChI is InChI=1S/C6H11IO6/c7-5(11)4-2(9)1(8)3(10)6(12)13-4/h1-6,8-12H/t1-,2-,3+,4-,5?,6-/m0/s1. The Labute approximate surface area is 87.9 Å². The molecule has 1 aliphatic rings. The average molecular weight is 306 g/mol. The van der Waals surface area contributed by atoms with E-state index in [0.717, 1.165) is 0 Å². The van der Waals surface area contributed by atoms with Crippen molar-refractivity contribution in [3.05, 3.63) is 0 Å². The van der Waals surface area contributed by atoms with Gasteiger partial charge in [-0.15, -0.1) is 0 Å². The minimum atomic E-state index is -1.59. The van der Waals surface area contributed by atoms with Gasteiger partial charge in [-0.05, 0) is 22.6 Å². The predicted molar refractivity (Wildman–Crippen MR) is 48.9 cm³/mol. The summed E-state index contributed by atoms with van der Waals surface area (Å²) in [5.74, 6) is 0. The first-order valence-corrected chi connectivity index (χ1v) is 4.89. The van der Waals surface area contributed by atoms with E-state index in [9.17, 15) is 10.2 Å². The van der Waals surface area contributed by atoms with E-state index >= 15 is 0 Å². The van der Waals surface area contributed by atoms with Gasteiger partial charge in [-0.3, -0.25) is 0 Å². The number of aliphatic hydroxyl groups is 5. The van der Waals surface area contributed by atoms with Crippen molar-refractivity contribution in [2.45, 2.75) is 34.8 Å². The molecule has 1 fully saturated rings. The van der Waals surface area contributed by atoms with E-state index in [1.165, 1.54) is 0 Å². The third kappa shape index (κ3) is 2.29. The van der Waals surface area contributed by atoms with E-state index in [4.69, 9.17) is 15.3 Å². The molecule has 0 aromatic rings. The summed E-state index contributed by atoms with van der Waals surface area (Å²) in [6.45, 7) is 0. The van der Waals surface area contributed by atoms with Crippen molar-refractivity contribution >= 4 is 22.6 Å². The molecule has 1 rings (SSSR count). The van der Waals surface area contributed by atoms with Gasteiger partial charge < -0.3 is 30.3 Å². The van der Waals surface area contributed by atoms with E-state index in [-0.39, 0.29) is 0 Å². The van der Waals surface area contributed by atoms with Crippen molar-refractivity contribution < 1.29 is 30.3 Å². The number of alkyl halides is 1. The van der Waals surface area contributed by atoms with E-state index in [2.05, 4.69) is 4.74 Å². The summed E-state index contributed by atoms with van der Waals surface area (Å²) in [5.41, 5.74) is 0. The molecule has 5 N–H and O–H groups in total. The van der Waals surface area contributed by atoms with Gasteiger partial charge in [-0.2, -0.15) is 0 Å². The normalized spacial score (nSPS) is 48.9. The summed E-state index contributed by atoms with van der Waals surface area (Å²) in [4.78, 5) is 0. The summed E-state index contributed by atoms with van der Waals surface area (Å²) < 4.78 is 3.62. The maximum Gasteiger partial charge on any atom is 0.184 e. The van der Waals surface area contributed by atoms with Crippen LogP contribution < -0.4 is 0 Å². The fourth-order valence-corrected chi connectivity index (χ4v) is 1.71. The highest BCUT2D eigenvalue weighted by atomic mass is 127. The van der Waals surface area contributed by atoms with E-state index in [1.54, 1.807) is 22.6 Å². The van der Waals surface area contributed by atoms with Gasteiger partial charge in [0.2, 0.25) is 0 Å². The zero-order valence-corrected chi connectivity index (χ0v) is 8.64. The first kappa shape index (κ1) is 11.6. The quantitative estimate of drug-likeness (QED) is 0.271. The Hall–Kier alpha value is 0.490. The average Bonchev–Trinajstić information content (AvgIpc) is 2.07. The third-order valence-electron chi connectivity index (χ3n) is 1.90. The first-order valence-electron chi connectivity index (χ1n) is 3.65. The Morgan fingerprint density at radius 2 is 1.54 bits per heavy atom. The summed E-state index contributed by atoms with van der Waals surface area (Å²) in [5, 5.41) is 45.6. The van der Waals surface area contributed by atoms with Crippen molar-refractivity contribution in [1.29, 1.82) is 0 Å². The van der Waals surface area contributed by atoms with Crippen LogP contribution in [0, 0.1) is 0 Å². The number of rotatable bonds is 1. The zero-order valence-electron chi connectivity index (χ0n) is 6.49. The minimum absolute atomic E-state index is 1.07. The van der Waals surface area contributed by atoms with Gasteiger partial charge >= 0.3 is 0 Å². The molecule has 1 aliphatic heterocycles. The van der Waals surface area contributed by atoms with Crippen LogP contribution in [0.2, 0.25) is 0 Å². The molecule has 0 amide bonds. The van der Waals surface area contributed by atoms with Gasteiger partial charge in [-0.1, -0.05) is 0 Å². The SMILES string of the molecule is OC(I)[C@H]1O[C@H](O)[C@H](O)[C@@H](O)[C@@H]1O. The summed E-state index contributed by atoms with van der Waals surface area (Å²) in [6, 6.07) is 0. The molecule has 6 nitrogen and oxygen atoms in total. The zero-order chi connectivity index (χ0) is 10.2. The van der Waals surface area contributed by atoms with Crippen molar-refractivity contribution in [2.24, 2.45) is 0 Å². The molecule has 13 heavy (non-hydrogen) atoms. The Balaban J connectivity index is 2.70. The molecule has 0 aliphatic carbocycles. The molecule has 6 atom stereocenters. The van der Waals surface area contributed by atoms with Crippen molar-refractivity contribution in [3.8, 4) is 0 Å². The molecule has 0 aromatic carbocycles. The van der Waals surface area contributed by atoms with Crippen LogP contribution in [-0.4, -0.2) is 60.3 Å². The number of halogens is 1. The number of ether oxygens (including phenoxy) is 1. The largest absolute Gasteiger partial charge is 0.387 e. The Kier molecular flexibility index (Phi) is 3.86. The second kappa shape index (κ2) is 4.34. The van der Waals surface area contributed by atoms with Crippen molar-refractivity contribution in [1.82, 2.24) is 0 Å². The maximum atomic E-state index is 9.29. The van der Waals surface area contributed by atoms with Gasteiger partial charge in [0, 0.05) is 0 Å². The highest BCUT2D eigenvalue weighted by Crippen LogP contribution is 2.24. The number of aliphatic hydroxyl groups excluding tert-OH is 5. The monoisotopic (exact) mass is 306 g/mol. The fraction of sp³-hybridized carbons (Fsp3) is 1.00. The third-order valence-corrected chi connectivity index (χ3v) is 2.61. The molecule has 1 saturated heterocycles. The molecule has 0 bridgehead atoms. The lowest BCUT2D eigenvalue weighted by Gasteiger charge is -2.38. The first-order chi connectivity index (χ1) is 5.95. The summed E-state index contributed by atoms with van der Waals surface area (Å²) >= 11 is 1.57. The number of hydrogen-bond acceptors (Lipinski definition) is 6. The number of hydrogen-bond donors (Lipinski definition) is 5.